The highest BCUT2D eigenvalue weighted by Crippen LogP contribution is 2.30. The lowest BCUT2D eigenvalue weighted by Gasteiger charge is -2.38. The van der Waals surface area contributed by atoms with Crippen molar-refractivity contribution >= 4 is 5.82 Å². The highest BCUT2D eigenvalue weighted by atomic mass is 16.5. The lowest BCUT2D eigenvalue weighted by Crippen LogP contribution is -2.43. The second kappa shape index (κ2) is 6.70. The van der Waals surface area contributed by atoms with Crippen LogP contribution in [0.2, 0.25) is 0 Å². The molecule has 1 aromatic rings. The van der Waals surface area contributed by atoms with Gasteiger partial charge in [0.05, 0.1) is 6.61 Å². The van der Waals surface area contributed by atoms with E-state index in [1.807, 2.05) is 13.0 Å². The summed E-state index contributed by atoms with van der Waals surface area (Å²) in [6.45, 7) is 3.32. The van der Waals surface area contributed by atoms with Crippen LogP contribution in [-0.4, -0.2) is 36.2 Å². The molecule has 19 heavy (non-hydrogen) atoms. The van der Waals surface area contributed by atoms with Crippen molar-refractivity contribution in [3.8, 4) is 5.88 Å². The molecule has 106 valence electrons. The van der Waals surface area contributed by atoms with Gasteiger partial charge in [-0.05, 0) is 32.2 Å². The molecule has 5 heteroatoms. The van der Waals surface area contributed by atoms with Crippen molar-refractivity contribution in [3.05, 3.63) is 12.4 Å². The Morgan fingerprint density at radius 3 is 2.89 bits per heavy atom. The predicted octanol–water partition coefficient (Wildman–Crippen LogP) is 1.83. The average Bonchev–Trinajstić information content (AvgIpc) is 2.47. The topological polar surface area (TPSA) is 64.3 Å². The summed E-state index contributed by atoms with van der Waals surface area (Å²) in [5.41, 5.74) is 5.90. The average molecular weight is 264 g/mol. The molecule has 0 amide bonds. The van der Waals surface area contributed by atoms with Gasteiger partial charge in [-0.25, -0.2) is 9.97 Å². The summed E-state index contributed by atoms with van der Waals surface area (Å²) in [6.07, 6.45) is 6.54. The Hall–Kier alpha value is -1.36. The number of ether oxygens (including phenoxy) is 1. The summed E-state index contributed by atoms with van der Waals surface area (Å²) in [4.78, 5) is 10.7. The molecule has 0 saturated heterocycles. The molecule has 0 bridgehead atoms. The highest BCUT2D eigenvalue weighted by Gasteiger charge is 2.28. The Morgan fingerprint density at radius 2 is 2.16 bits per heavy atom. The molecule has 0 radical (unpaired) electrons. The van der Waals surface area contributed by atoms with E-state index in [4.69, 9.17) is 10.5 Å². The smallest absolute Gasteiger partial charge is 0.218 e. The van der Waals surface area contributed by atoms with Gasteiger partial charge in [-0.1, -0.05) is 12.8 Å². The van der Waals surface area contributed by atoms with Gasteiger partial charge in [0.15, 0.2) is 0 Å². The zero-order valence-corrected chi connectivity index (χ0v) is 11.9. The Balaban J connectivity index is 2.12. The van der Waals surface area contributed by atoms with Gasteiger partial charge in [0.25, 0.3) is 0 Å². The molecule has 2 rings (SSSR count). The molecular weight excluding hydrogens is 240 g/mol. The van der Waals surface area contributed by atoms with Crippen LogP contribution in [0.15, 0.2) is 12.4 Å². The normalized spacial score (nSPS) is 23.1. The third kappa shape index (κ3) is 3.35. The lowest BCUT2D eigenvalue weighted by molar-refractivity contribution is 0.304. The van der Waals surface area contributed by atoms with E-state index in [0.717, 1.165) is 12.4 Å². The zero-order chi connectivity index (χ0) is 13.7. The fraction of sp³-hybridized carbons (Fsp3) is 0.714. The zero-order valence-electron chi connectivity index (χ0n) is 11.9. The minimum atomic E-state index is 0.475. The van der Waals surface area contributed by atoms with E-state index in [0.29, 0.717) is 24.4 Å². The van der Waals surface area contributed by atoms with Crippen LogP contribution in [0.1, 0.15) is 32.6 Å². The first kappa shape index (κ1) is 14.1. The first-order chi connectivity index (χ1) is 9.26. The summed E-state index contributed by atoms with van der Waals surface area (Å²) < 4.78 is 5.43. The quantitative estimate of drug-likeness (QED) is 0.879. The van der Waals surface area contributed by atoms with E-state index in [2.05, 4.69) is 21.9 Å². The number of nitrogens with zero attached hydrogens (tertiary/aromatic N) is 3. The van der Waals surface area contributed by atoms with Crippen molar-refractivity contribution in [2.24, 2.45) is 11.7 Å². The molecule has 2 unspecified atom stereocenters. The monoisotopic (exact) mass is 264 g/mol. The minimum absolute atomic E-state index is 0.475. The SMILES string of the molecule is CCOc1cc(N(C)C2CCCCC2CN)ncn1. The van der Waals surface area contributed by atoms with E-state index < -0.39 is 0 Å². The second-order valence-corrected chi connectivity index (χ2v) is 5.11. The molecule has 2 atom stereocenters. The lowest BCUT2D eigenvalue weighted by atomic mass is 9.84. The van der Waals surface area contributed by atoms with Gasteiger partial charge in [0, 0.05) is 19.2 Å². The Kier molecular flexibility index (Phi) is 4.96. The molecule has 0 aliphatic heterocycles. The van der Waals surface area contributed by atoms with E-state index in [1.165, 1.54) is 25.7 Å². The maximum absolute atomic E-state index is 5.90. The minimum Gasteiger partial charge on any atom is -0.478 e. The van der Waals surface area contributed by atoms with Crippen molar-refractivity contribution in [2.75, 3.05) is 25.1 Å². The van der Waals surface area contributed by atoms with Gasteiger partial charge >= 0.3 is 0 Å². The summed E-state index contributed by atoms with van der Waals surface area (Å²) in [6, 6.07) is 2.38. The summed E-state index contributed by atoms with van der Waals surface area (Å²) >= 11 is 0. The van der Waals surface area contributed by atoms with Gasteiger partial charge in [-0.3, -0.25) is 0 Å². The number of rotatable bonds is 5. The molecule has 2 N–H and O–H groups in total. The van der Waals surface area contributed by atoms with Crippen LogP contribution < -0.4 is 15.4 Å². The number of anilines is 1. The largest absolute Gasteiger partial charge is 0.478 e. The first-order valence-electron chi connectivity index (χ1n) is 7.14. The van der Waals surface area contributed by atoms with Crippen molar-refractivity contribution < 1.29 is 4.74 Å². The molecule has 1 heterocycles. The van der Waals surface area contributed by atoms with Crippen LogP contribution in [0, 0.1) is 5.92 Å². The molecule has 1 aromatic heterocycles. The van der Waals surface area contributed by atoms with Gasteiger partial charge in [-0.2, -0.15) is 0 Å². The molecule has 1 aliphatic carbocycles. The van der Waals surface area contributed by atoms with Crippen LogP contribution in [0.3, 0.4) is 0 Å². The highest BCUT2D eigenvalue weighted by molar-refractivity contribution is 5.41. The molecule has 0 spiro atoms. The van der Waals surface area contributed by atoms with Crippen molar-refractivity contribution in [1.29, 1.82) is 0 Å². The maximum atomic E-state index is 5.90. The number of hydrogen-bond acceptors (Lipinski definition) is 5. The third-order valence-electron chi connectivity index (χ3n) is 3.95. The van der Waals surface area contributed by atoms with Crippen LogP contribution in [-0.2, 0) is 0 Å². The van der Waals surface area contributed by atoms with Crippen LogP contribution in [0.4, 0.5) is 5.82 Å². The van der Waals surface area contributed by atoms with Crippen molar-refractivity contribution in [2.45, 2.75) is 38.6 Å². The fourth-order valence-electron chi connectivity index (χ4n) is 2.89. The summed E-state index contributed by atoms with van der Waals surface area (Å²) in [7, 11) is 2.09. The number of nitrogens with two attached hydrogens (primary N) is 1. The molecule has 5 nitrogen and oxygen atoms in total. The number of hydrogen-bond donors (Lipinski definition) is 1. The Labute approximate surface area is 115 Å². The van der Waals surface area contributed by atoms with Gasteiger partial charge in [-0.15, -0.1) is 0 Å². The standard InChI is InChI=1S/C14H24N4O/c1-3-19-14-8-13(16-10-17-14)18(2)12-7-5-4-6-11(12)9-15/h8,10-12H,3-7,9,15H2,1-2H3. The van der Waals surface area contributed by atoms with E-state index in [-0.39, 0.29) is 0 Å². The predicted molar refractivity (Wildman–Crippen MR) is 76.4 cm³/mol. The van der Waals surface area contributed by atoms with Gasteiger partial charge < -0.3 is 15.4 Å². The molecule has 1 saturated carbocycles. The van der Waals surface area contributed by atoms with Crippen LogP contribution >= 0.6 is 0 Å². The molecule has 1 fully saturated rings. The Bertz CT molecular complexity index is 399. The summed E-state index contributed by atoms with van der Waals surface area (Å²) in [5.74, 6) is 2.12. The maximum Gasteiger partial charge on any atom is 0.218 e. The molecule has 0 aromatic carbocycles. The number of aromatic nitrogens is 2. The van der Waals surface area contributed by atoms with Gasteiger partial charge in [0.1, 0.15) is 12.1 Å². The molecular formula is C14H24N4O. The van der Waals surface area contributed by atoms with E-state index in [1.54, 1.807) is 6.33 Å². The third-order valence-corrected chi connectivity index (χ3v) is 3.95. The van der Waals surface area contributed by atoms with Crippen LogP contribution in [0.25, 0.3) is 0 Å². The van der Waals surface area contributed by atoms with E-state index in [9.17, 15) is 0 Å². The van der Waals surface area contributed by atoms with Crippen LogP contribution in [0.5, 0.6) is 5.88 Å². The second-order valence-electron chi connectivity index (χ2n) is 5.11. The molecule has 1 aliphatic rings. The van der Waals surface area contributed by atoms with E-state index >= 15 is 0 Å². The Morgan fingerprint density at radius 1 is 1.37 bits per heavy atom. The fourth-order valence-corrected chi connectivity index (χ4v) is 2.89. The van der Waals surface area contributed by atoms with Crippen molar-refractivity contribution in [3.63, 3.8) is 0 Å². The van der Waals surface area contributed by atoms with Crippen molar-refractivity contribution in [1.82, 2.24) is 9.97 Å². The summed E-state index contributed by atoms with van der Waals surface area (Å²) in [5, 5.41) is 0. The van der Waals surface area contributed by atoms with Gasteiger partial charge in [0.2, 0.25) is 5.88 Å². The first-order valence-corrected chi connectivity index (χ1v) is 7.14.